The van der Waals surface area contributed by atoms with E-state index in [0.29, 0.717) is 16.3 Å². The van der Waals surface area contributed by atoms with Crippen LogP contribution in [0.5, 0.6) is 0 Å². The van der Waals surface area contributed by atoms with Crippen LogP contribution in [0.4, 0.5) is 5.69 Å². The first kappa shape index (κ1) is 17.1. The Balaban J connectivity index is 1.53. The second-order valence-corrected chi connectivity index (χ2v) is 8.02. The number of aromatic nitrogens is 2. The smallest absolute Gasteiger partial charge is 0.291 e. The number of anilines is 1. The van der Waals surface area contributed by atoms with E-state index in [1.54, 1.807) is 11.6 Å². The lowest BCUT2D eigenvalue weighted by Crippen LogP contribution is -2.11. The Labute approximate surface area is 162 Å². The Morgan fingerprint density at radius 2 is 2.04 bits per heavy atom. The van der Waals surface area contributed by atoms with Gasteiger partial charge in [-0.1, -0.05) is 46.8 Å². The van der Waals surface area contributed by atoms with Crippen molar-refractivity contribution >= 4 is 57.3 Å². The standard InChI is InChI=1S/C18H12ClN3O2S2/c1-10-13-3-2-4-14(19)16(13)24-15(10)17(23)21-11-5-7-12(8-6-11)26-18-22-20-9-25-18/h2-9H,1H3,(H,21,23). The minimum atomic E-state index is -0.306. The number of aryl methyl sites for hydroxylation is 1. The van der Waals surface area contributed by atoms with E-state index in [1.165, 1.54) is 23.1 Å². The molecule has 1 amide bonds. The van der Waals surface area contributed by atoms with Gasteiger partial charge in [-0.05, 0) is 37.3 Å². The number of fused-ring (bicyclic) bond motifs is 1. The van der Waals surface area contributed by atoms with Crippen molar-refractivity contribution in [2.24, 2.45) is 0 Å². The van der Waals surface area contributed by atoms with E-state index in [4.69, 9.17) is 16.0 Å². The monoisotopic (exact) mass is 401 g/mol. The predicted molar refractivity (Wildman–Crippen MR) is 104 cm³/mol. The van der Waals surface area contributed by atoms with Gasteiger partial charge in [0.25, 0.3) is 5.91 Å². The summed E-state index contributed by atoms with van der Waals surface area (Å²) in [7, 11) is 0. The summed E-state index contributed by atoms with van der Waals surface area (Å²) in [6.45, 7) is 1.85. The van der Waals surface area contributed by atoms with Crippen molar-refractivity contribution in [1.29, 1.82) is 0 Å². The average Bonchev–Trinajstić information content (AvgIpc) is 3.26. The van der Waals surface area contributed by atoms with Crippen LogP contribution >= 0.6 is 34.7 Å². The maximum atomic E-state index is 12.6. The fraction of sp³-hybridized carbons (Fsp3) is 0.0556. The van der Waals surface area contributed by atoms with E-state index in [9.17, 15) is 4.79 Å². The number of nitrogens with one attached hydrogen (secondary N) is 1. The molecule has 2 heterocycles. The molecule has 0 radical (unpaired) electrons. The third kappa shape index (κ3) is 3.33. The molecule has 4 rings (SSSR count). The Kier molecular flexibility index (Phi) is 4.67. The molecular formula is C18H12ClN3O2S2. The molecule has 0 unspecified atom stereocenters. The molecule has 0 saturated carbocycles. The van der Waals surface area contributed by atoms with Gasteiger partial charge in [0.15, 0.2) is 15.7 Å². The second kappa shape index (κ2) is 7.11. The molecule has 1 N–H and O–H groups in total. The maximum Gasteiger partial charge on any atom is 0.291 e. The lowest BCUT2D eigenvalue weighted by molar-refractivity contribution is 0.0998. The number of para-hydroxylation sites is 1. The summed E-state index contributed by atoms with van der Waals surface area (Å²) in [5.74, 6) is -0.0419. The van der Waals surface area contributed by atoms with Crippen molar-refractivity contribution in [3.63, 3.8) is 0 Å². The summed E-state index contributed by atoms with van der Waals surface area (Å²) in [6, 6.07) is 13.0. The van der Waals surface area contributed by atoms with Crippen molar-refractivity contribution in [3.05, 3.63) is 64.3 Å². The Bertz CT molecular complexity index is 1080. The van der Waals surface area contributed by atoms with Crippen LogP contribution in [0, 0.1) is 6.92 Å². The summed E-state index contributed by atoms with van der Waals surface area (Å²) in [5, 5.41) is 12.0. The van der Waals surface area contributed by atoms with Crippen molar-refractivity contribution in [1.82, 2.24) is 10.2 Å². The Hall–Kier alpha value is -2.35. The van der Waals surface area contributed by atoms with Gasteiger partial charge in [-0.2, -0.15) is 0 Å². The number of halogens is 1. The highest BCUT2D eigenvalue weighted by atomic mass is 35.5. The third-order valence-corrected chi connectivity index (χ3v) is 5.86. The fourth-order valence-corrected chi connectivity index (χ4v) is 4.19. The molecule has 26 heavy (non-hydrogen) atoms. The van der Waals surface area contributed by atoms with E-state index < -0.39 is 0 Å². The Morgan fingerprint density at radius 1 is 1.23 bits per heavy atom. The van der Waals surface area contributed by atoms with Gasteiger partial charge in [0.05, 0.1) is 5.02 Å². The number of benzene rings is 2. The van der Waals surface area contributed by atoms with Crippen molar-refractivity contribution in [2.75, 3.05) is 5.32 Å². The minimum Gasteiger partial charge on any atom is -0.449 e. The van der Waals surface area contributed by atoms with Crippen molar-refractivity contribution in [3.8, 4) is 0 Å². The number of amides is 1. The van der Waals surface area contributed by atoms with Crippen LogP contribution < -0.4 is 5.32 Å². The molecule has 0 atom stereocenters. The number of carbonyl (C=O) groups excluding carboxylic acids is 1. The number of hydrogen-bond acceptors (Lipinski definition) is 6. The van der Waals surface area contributed by atoms with Crippen LogP contribution in [-0.4, -0.2) is 16.1 Å². The molecule has 130 valence electrons. The van der Waals surface area contributed by atoms with Crippen LogP contribution in [0.1, 0.15) is 16.1 Å². The number of carbonyl (C=O) groups is 1. The van der Waals surface area contributed by atoms with Gasteiger partial charge in [0, 0.05) is 21.5 Å². The lowest BCUT2D eigenvalue weighted by Gasteiger charge is -2.05. The normalized spacial score (nSPS) is 11.0. The molecule has 8 heteroatoms. The molecule has 0 saturated heterocycles. The summed E-state index contributed by atoms with van der Waals surface area (Å²) in [6.07, 6.45) is 0. The van der Waals surface area contributed by atoms with Crippen LogP contribution in [0.15, 0.2) is 61.6 Å². The zero-order valence-corrected chi connectivity index (χ0v) is 15.9. The zero-order valence-electron chi connectivity index (χ0n) is 13.5. The number of nitrogens with zero attached hydrogens (tertiary/aromatic N) is 2. The first-order valence-corrected chi connectivity index (χ1v) is 9.72. The largest absolute Gasteiger partial charge is 0.449 e. The number of furan rings is 1. The van der Waals surface area contributed by atoms with Crippen LogP contribution in [0.2, 0.25) is 5.02 Å². The molecule has 5 nitrogen and oxygen atoms in total. The molecule has 0 bridgehead atoms. The van der Waals surface area contributed by atoms with Gasteiger partial charge in [-0.15, -0.1) is 10.2 Å². The van der Waals surface area contributed by atoms with Crippen molar-refractivity contribution < 1.29 is 9.21 Å². The van der Waals surface area contributed by atoms with Crippen LogP contribution in [0.3, 0.4) is 0 Å². The molecule has 4 aromatic rings. The highest BCUT2D eigenvalue weighted by Gasteiger charge is 2.19. The SMILES string of the molecule is Cc1c(C(=O)Nc2ccc(Sc3nncs3)cc2)oc2c(Cl)cccc12. The minimum absolute atomic E-state index is 0.264. The quantitative estimate of drug-likeness (QED) is 0.478. The van der Waals surface area contributed by atoms with E-state index in [-0.39, 0.29) is 11.7 Å². The third-order valence-electron chi connectivity index (χ3n) is 3.78. The van der Waals surface area contributed by atoms with E-state index in [1.807, 2.05) is 43.3 Å². The zero-order chi connectivity index (χ0) is 18.1. The van der Waals surface area contributed by atoms with Crippen LogP contribution in [0.25, 0.3) is 11.0 Å². The number of hydrogen-bond donors (Lipinski definition) is 1. The molecule has 0 fully saturated rings. The second-order valence-electron chi connectivity index (χ2n) is 5.46. The molecule has 0 aliphatic heterocycles. The van der Waals surface area contributed by atoms with Crippen molar-refractivity contribution in [2.45, 2.75) is 16.2 Å². The topological polar surface area (TPSA) is 68.0 Å². The molecule has 2 aromatic carbocycles. The summed E-state index contributed by atoms with van der Waals surface area (Å²) in [5.41, 5.74) is 3.67. The van der Waals surface area contributed by atoms with Gasteiger partial charge < -0.3 is 9.73 Å². The molecule has 0 spiro atoms. The van der Waals surface area contributed by atoms with Crippen LogP contribution in [-0.2, 0) is 0 Å². The highest BCUT2D eigenvalue weighted by molar-refractivity contribution is 8.01. The van der Waals surface area contributed by atoms with E-state index >= 15 is 0 Å². The highest BCUT2D eigenvalue weighted by Crippen LogP contribution is 2.32. The van der Waals surface area contributed by atoms with Gasteiger partial charge in [0.2, 0.25) is 0 Å². The van der Waals surface area contributed by atoms with E-state index in [2.05, 4.69) is 15.5 Å². The molecular weight excluding hydrogens is 390 g/mol. The molecule has 2 aromatic heterocycles. The first-order chi connectivity index (χ1) is 12.6. The summed E-state index contributed by atoms with van der Waals surface area (Å²) in [4.78, 5) is 13.6. The fourth-order valence-electron chi connectivity index (χ4n) is 2.53. The number of rotatable bonds is 4. The van der Waals surface area contributed by atoms with Gasteiger partial charge in [0.1, 0.15) is 5.51 Å². The van der Waals surface area contributed by atoms with E-state index in [0.717, 1.165) is 20.2 Å². The first-order valence-electron chi connectivity index (χ1n) is 7.65. The maximum absolute atomic E-state index is 12.6. The van der Waals surface area contributed by atoms with Gasteiger partial charge in [-0.3, -0.25) is 4.79 Å². The van der Waals surface area contributed by atoms with Gasteiger partial charge >= 0.3 is 0 Å². The lowest BCUT2D eigenvalue weighted by atomic mass is 10.1. The molecule has 0 aliphatic carbocycles. The average molecular weight is 402 g/mol. The molecule has 0 aliphatic rings. The summed E-state index contributed by atoms with van der Waals surface area (Å²) < 4.78 is 6.57. The Morgan fingerprint density at radius 3 is 2.73 bits per heavy atom. The predicted octanol–water partition coefficient (Wildman–Crippen LogP) is 5.65. The summed E-state index contributed by atoms with van der Waals surface area (Å²) >= 11 is 9.15. The van der Waals surface area contributed by atoms with Gasteiger partial charge in [-0.25, -0.2) is 0 Å².